The summed E-state index contributed by atoms with van der Waals surface area (Å²) in [5.74, 6) is -1.50. The van der Waals surface area contributed by atoms with Crippen molar-refractivity contribution in [1.82, 2.24) is 15.2 Å². The third-order valence-electron chi connectivity index (χ3n) is 5.25. The van der Waals surface area contributed by atoms with Crippen LogP contribution in [0.4, 0.5) is 9.93 Å². The maximum atomic E-state index is 13.0. The van der Waals surface area contributed by atoms with Gasteiger partial charge in [-0.25, -0.2) is 9.78 Å². The van der Waals surface area contributed by atoms with Crippen LogP contribution in [-0.2, 0) is 38.2 Å². The van der Waals surface area contributed by atoms with Crippen LogP contribution in [-0.4, -0.2) is 97.0 Å². The Balaban J connectivity index is 1.68. The lowest BCUT2D eigenvalue weighted by Gasteiger charge is -2.53. The van der Waals surface area contributed by atoms with Gasteiger partial charge in [-0.3, -0.25) is 14.4 Å². The van der Waals surface area contributed by atoms with Crippen molar-refractivity contribution in [3.63, 3.8) is 0 Å². The number of fused-ring (bicyclic) bond motifs is 1. The lowest BCUT2D eigenvalue weighted by atomic mass is 9.88. The molecule has 4 atom stereocenters. The number of nitrogens with zero attached hydrogens (tertiary/aromatic N) is 3. The second-order valence-electron chi connectivity index (χ2n) is 7.81. The van der Waals surface area contributed by atoms with Crippen LogP contribution in [0.2, 0.25) is 0 Å². The Hall–Kier alpha value is -3.11. The van der Waals surface area contributed by atoms with E-state index in [1.807, 2.05) is 0 Å². The number of anilines is 1. The molecule has 3 unspecified atom stereocenters. The molecule has 0 spiro atoms. The first kappa shape index (κ1) is 27.5. The number of nitrogen functional groups attached to an aromatic ring is 1. The molecule has 3 rings (SSSR count). The Morgan fingerprint density at radius 3 is 2.72 bits per heavy atom. The van der Waals surface area contributed by atoms with Crippen LogP contribution in [0, 0.1) is 5.41 Å². The van der Waals surface area contributed by atoms with Crippen molar-refractivity contribution in [2.24, 2.45) is 10.6 Å². The molecule has 198 valence electrons. The summed E-state index contributed by atoms with van der Waals surface area (Å²) >= 11 is 2.43. The van der Waals surface area contributed by atoms with Gasteiger partial charge in [-0.05, 0) is 6.92 Å². The lowest BCUT2D eigenvalue weighted by molar-refractivity contribution is -0.185. The van der Waals surface area contributed by atoms with Crippen LogP contribution in [0.25, 0.3) is 0 Å². The number of nitrogens with two attached hydrogens (primary N) is 1. The summed E-state index contributed by atoms with van der Waals surface area (Å²) in [7, 11) is 2.55. The zero-order chi connectivity index (χ0) is 26.5. The molecule has 2 aliphatic rings. The topological polar surface area (TPSA) is 181 Å². The summed E-state index contributed by atoms with van der Waals surface area (Å²) in [6.45, 7) is 3.27. The van der Waals surface area contributed by atoms with Gasteiger partial charge in [-0.1, -0.05) is 5.16 Å². The first-order valence-corrected chi connectivity index (χ1v) is 12.7. The number of ether oxygens (including phenoxy) is 4. The normalized spacial score (nSPS) is 24.2. The van der Waals surface area contributed by atoms with Gasteiger partial charge < -0.3 is 39.7 Å². The number of oxime groups is 1. The van der Waals surface area contributed by atoms with Crippen LogP contribution in [0.15, 0.2) is 10.5 Å². The molecule has 2 fully saturated rings. The third-order valence-corrected chi connectivity index (χ3v) is 7.51. The number of carbonyl (C=O) groups excluding carboxylic acids is 4. The number of carbonyl (C=O) groups is 4. The van der Waals surface area contributed by atoms with Gasteiger partial charge in [-0.2, -0.15) is 0 Å². The monoisotopic (exact) mass is 545 g/mol. The number of hydrogen-bond acceptors (Lipinski definition) is 14. The predicted molar refractivity (Wildman–Crippen MR) is 128 cm³/mol. The first-order valence-electron chi connectivity index (χ1n) is 10.7. The van der Waals surface area contributed by atoms with Gasteiger partial charge >= 0.3 is 12.1 Å². The van der Waals surface area contributed by atoms with E-state index in [1.165, 1.54) is 30.7 Å². The van der Waals surface area contributed by atoms with Crippen molar-refractivity contribution in [1.29, 1.82) is 0 Å². The minimum atomic E-state index is -1.21. The number of amides is 2. The highest BCUT2D eigenvalue weighted by Gasteiger charge is 2.58. The number of methoxy groups -OCH3 is 2. The Morgan fingerprint density at radius 1 is 1.36 bits per heavy atom. The number of aromatic nitrogens is 1. The van der Waals surface area contributed by atoms with E-state index in [9.17, 15) is 19.2 Å². The van der Waals surface area contributed by atoms with Crippen LogP contribution < -0.4 is 11.1 Å². The number of rotatable bonds is 10. The first-order chi connectivity index (χ1) is 17.2. The van der Waals surface area contributed by atoms with Crippen LogP contribution >= 0.6 is 23.1 Å². The molecule has 36 heavy (non-hydrogen) atoms. The van der Waals surface area contributed by atoms with E-state index in [2.05, 4.69) is 20.2 Å². The Labute approximate surface area is 214 Å². The Morgan fingerprint density at radius 2 is 2.11 bits per heavy atom. The fourth-order valence-corrected chi connectivity index (χ4v) is 5.66. The predicted octanol–water partition coefficient (Wildman–Crippen LogP) is 0.171. The summed E-state index contributed by atoms with van der Waals surface area (Å²) in [6, 6.07) is -0.844. The highest BCUT2D eigenvalue weighted by Crippen LogP contribution is 2.43. The minimum absolute atomic E-state index is 0.00397. The average molecular weight is 546 g/mol. The second-order valence-corrected chi connectivity index (χ2v) is 9.80. The summed E-state index contributed by atoms with van der Waals surface area (Å²) in [5.41, 5.74) is 4.59. The van der Waals surface area contributed by atoms with Crippen molar-refractivity contribution in [3.05, 3.63) is 11.1 Å². The number of β-lactam (4-membered cyclic amide) rings is 1. The van der Waals surface area contributed by atoms with Crippen molar-refractivity contribution < 1.29 is 43.0 Å². The molecule has 2 amide bonds. The number of esters is 1. The zero-order valence-corrected chi connectivity index (χ0v) is 21.7. The smallest absolute Gasteiger partial charge is 0.438 e. The minimum Gasteiger partial charge on any atom is -0.438 e. The summed E-state index contributed by atoms with van der Waals surface area (Å²) in [4.78, 5) is 60.7. The van der Waals surface area contributed by atoms with Gasteiger partial charge in [-0.15, -0.1) is 23.1 Å². The molecule has 16 heteroatoms. The highest BCUT2D eigenvalue weighted by molar-refractivity contribution is 8.00. The highest BCUT2D eigenvalue weighted by atomic mass is 32.2. The molecule has 1 aromatic heterocycles. The standard InChI is InChI=1S/C20H27N5O9S2/c1-5-32-24-12(11-6-35-18(21)22-11)14(26)23-13-15(27)25-7-20(8-30-3,9-36-16(13)25)17(28)33-10(2)34-19(29)31-4/h6,10,13,16H,5,7-9H2,1-4H3,(H2,21,22)(H,23,26)/t10?,13?,16-,20?/m1/s1. The fourth-order valence-electron chi connectivity index (χ4n) is 3.60. The zero-order valence-electron chi connectivity index (χ0n) is 20.0. The fraction of sp³-hybridized carbons (Fsp3) is 0.600. The lowest BCUT2D eigenvalue weighted by Crippen LogP contribution is -2.74. The third kappa shape index (κ3) is 5.82. The number of hydrogen-bond donors (Lipinski definition) is 2. The Kier molecular flexibility index (Phi) is 8.97. The Bertz CT molecular complexity index is 1030. The SMILES string of the molecule is CCON=C(C(=O)NC1C(=O)N2CC(COC)(C(=O)OC(C)OC(=O)OC)CS[C@H]12)c1csc(N)n1. The molecule has 0 radical (unpaired) electrons. The average Bonchev–Trinajstić information content (AvgIpc) is 3.28. The van der Waals surface area contributed by atoms with Gasteiger partial charge in [0.2, 0.25) is 12.2 Å². The molecular formula is C20H27N5O9S2. The molecule has 2 aliphatic heterocycles. The van der Waals surface area contributed by atoms with Crippen molar-refractivity contribution >= 4 is 57.9 Å². The second kappa shape index (κ2) is 11.7. The molecular weight excluding hydrogens is 518 g/mol. The quantitative estimate of drug-likeness (QED) is 0.134. The van der Waals surface area contributed by atoms with E-state index >= 15 is 0 Å². The van der Waals surface area contributed by atoms with E-state index in [0.717, 1.165) is 18.4 Å². The van der Waals surface area contributed by atoms with E-state index in [-0.39, 0.29) is 48.0 Å². The van der Waals surface area contributed by atoms with Crippen LogP contribution in [0.3, 0.4) is 0 Å². The van der Waals surface area contributed by atoms with Crippen molar-refractivity contribution in [3.8, 4) is 0 Å². The molecule has 1 aromatic rings. The van der Waals surface area contributed by atoms with Gasteiger partial charge in [0.1, 0.15) is 29.1 Å². The summed E-state index contributed by atoms with van der Waals surface area (Å²) in [6.07, 6.45) is -2.21. The van der Waals surface area contributed by atoms with E-state index in [1.54, 1.807) is 12.3 Å². The molecule has 2 saturated heterocycles. The van der Waals surface area contributed by atoms with E-state index in [0.29, 0.717) is 0 Å². The van der Waals surface area contributed by atoms with Crippen LogP contribution in [0.5, 0.6) is 0 Å². The number of thiazole rings is 1. The number of nitrogens with one attached hydrogen (secondary N) is 1. The van der Waals surface area contributed by atoms with E-state index < -0.39 is 41.2 Å². The summed E-state index contributed by atoms with van der Waals surface area (Å²) in [5, 5.41) is 7.90. The van der Waals surface area contributed by atoms with Crippen LogP contribution in [0.1, 0.15) is 19.5 Å². The van der Waals surface area contributed by atoms with Gasteiger partial charge in [0.15, 0.2) is 10.8 Å². The van der Waals surface area contributed by atoms with Gasteiger partial charge in [0, 0.05) is 31.7 Å². The maximum Gasteiger partial charge on any atom is 0.511 e. The number of thioether (sulfide) groups is 1. The molecule has 0 bridgehead atoms. The molecule has 0 saturated carbocycles. The van der Waals surface area contributed by atoms with E-state index in [4.69, 9.17) is 24.8 Å². The van der Waals surface area contributed by atoms with Crippen molar-refractivity contribution in [2.45, 2.75) is 31.6 Å². The van der Waals surface area contributed by atoms with Gasteiger partial charge in [0.25, 0.3) is 5.91 Å². The van der Waals surface area contributed by atoms with Crippen molar-refractivity contribution in [2.75, 3.05) is 45.5 Å². The largest absolute Gasteiger partial charge is 0.511 e. The molecule has 0 aromatic carbocycles. The maximum absolute atomic E-state index is 13.0. The molecule has 0 aliphatic carbocycles. The molecule has 14 nitrogen and oxygen atoms in total. The molecule has 3 heterocycles. The summed E-state index contributed by atoms with van der Waals surface area (Å²) < 4.78 is 19.7. The molecule has 3 N–H and O–H groups in total. The van der Waals surface area contributed by atoms with Gasteiger partial charge in [0.05, 0.1) is 13.7 Å².